The Kier molecular flexibility index (Phi) is 7.32. The van der Waals surface area contributed by atoms with Gasteiger partial charge >= 0.3 is 0 Å². The molecular weight excluding hydrogens is 454 g/mol. The Bertz CT molecular complexity index is 1160. The maximum absolute atomic E-state index is 12.7. The molecule has 2 aliphatic rings. The van der Waals surface area contributed by atoms with Crippen molar-refractivity contribution in [2.45, 2.75) is 19.8 Å². The van der Waals surface area contributed by atoms with E-state index in [1.165, 1.54) is 0 Å². The molecule has 0 bridgehead atoms. The number of amides is 4. The molecule has 2 aliphatic heterocycles. The van der Waals surface area contributed by atoms with E-state index in [0.717, 1.165) is 40.8 Å². The molecule has 0 aromatic heterocycles. The third-order valence-corrected chi connectivity index (χ3v) is 6.48. The number of anilines is 1. The summed E-state index contributed by atoms with van der Waals surface area (Å²) in [4.78, 5) is 52.6. The predicted molar refractivity (Wildman–Crippen MR) is 130 cm³/mol. The van der Waals surface area contributed by atoms with Crippen molar-refractivity contribution in [1.29, 1.82) is 0 Å². The number of carbonyl (C=O) groups is 4. The second-order valence-electron chi connectivity index (χ2n) is 8.08. The zero-order chi connectivity index (χ0) is 24.1. The molecule has 1 N–H and O–H groups in total. The second kappa shape index (κ2) is 10.6. The van der Waals surface area contributed by atoms with Gasteiger partial charge in [-0.25, -0.2) is 0 Å². The molecular formula is C25H25N3O5S. The number of aryl methyl sites for hydroxylation is 1. The van der Waals surface area contributed by atoms with Gasteiger partial charge in [0.25, 0.3) is 17.1 Å². The number of ether oxygens (including phenoxy) is 1. The molecule has 34 heavy (non-hydrogen) atoms. The van der Waals surface area contributed by atoms with Gasteiger partial charge in [0.1, 0.15) is 12.3 Å². The summed E-state index contributed by atoms with van der Waals surface area (Å²) in [5, 5.41) is 2.35. The quantitative estimate of drug-likeness (QED) is 0.609. The van der Waals surface area contributed by atoms with E-state index in [1.54, 1.807) is 35.2 Å². The van der Waals surface area contributed by atoms with E-state index in [0.29, 0.717) is 24.4 Å². The van der Waals surface area contributed by atoms with Gasteiger partial charge < -0.3 is 15.0 Å². The average molecular weight is 480 g/mol. The van der Waals surface area contributed by atoms with Crippen molar-refractivity contribution < 1.29 is 23.9 Å². The Hall–Kier alpha value is -3.59. The monoisotopic (exact) mass is 479 g/mol. The average Bonchev–Trinajstić information content (AvgIpc) is 3.45. The van der Waals surface area contributed by atoms with Crippen LogP contribution in [0.2, 0.25) is 0 Å². The van der Waals surface area contributed by atoms with Gasteiger partial charge in [0.05, 0.1) is 4.91 Å². The van der Waals surface area contributed by atoms with E-state index in [1.807, 2.05) is 31.2 Å². The van der Waals surface area contributed by atoms with Crippen molar-refractivity contribution in [2.24, 2.45) is 0 Å². The molecule has 0 saturated carbocycles. The van der Waals surface area contributed by atoms with Gasteiger partial charge in [-0.3, -0.25) is 24.1 Å². The van der Waals surface area contributed by atoms with E-state index in [4.69, 9.17) is 4.74 Å². The fourth-order valence-corrected chi connectivity index (χ4v) is 4.57. The number of imide groups is 1. The highest BCUT2D eigenvalue weighted by Gasteiger charge is 2.37. The number of para-hydroxylation sites is 1. The van der Waals surface area contributed by atoms with Crippen LogP contribution in [0.15, 0.2) is 53.4 Å². The van der Waals surface area contributed by atoms with Crippen molar-refractivity contribution in [3.05, 3.63) is 64.6 Å². The van der Waals surface area contributed by atoms with Crippen LogP contribution in [0.3, 0.4) is 0 Å². The third-order valence-electron chi connectivity index (χ3n) is 5.57. The summed E-state index contributed by atoms with van der Waals surface area (Å²) < 4.78 is 5.60. The summed E-state index contributed by atoms with van der Waals surface area (Å²) in [5.74, 6) is -0.521. The largest absolute Gasteiger partial charge is 0.484 e. The molecule has 2 saturated heterocycles. The minimum Gasteiger partial charge on any atom is -0.484 e. The fourth-order valence-electron chi connectivity index (χ4n) is 3.73. The van der Waals surface area contributed by atoms with Crippen LogP contribution in [0.25, 0.3) is 6.08 Å². The number of likely N-dealkylation sites (tertiary alicyclic amines) is 1. The molecule has 176 valence electrons. The molecule has 0 atom stereocenters. The topological polar surface area (TPSA) is 96.0 Å². The summed E-state index contributed by atoms with van der Waals surface area (Å²) in [6, 6.07) is 14.4. The highest BCUT2D eigenvalue weighted by atomic mass is 32.2. The molecule has 0 aliphatic carbocycles. The fraction of sp³-hybridized carbons (Fsp3) is 0.280. The van der Waals surface area contributed by atoms with Crippen LogP contribution < -0.4 is 10.1 Å². The van der Waals surface area contributed by atoms with E-state index in [2.05, 4.69) is 5.32 Å². The van der Waals surface area contributed by atoms with Crippen molar-refractivity contribution >= 4 is 46.5 Å². The van der Waals surface area contributed by atoms with E-state index >= 15 is 0 Å². The molecule has 0 unspecified atom stereocenters. The third kappa shape index (κ3) is 5.66. The normalized spacial score (nSPS) is 16.9. The molecule has 8 nitrogen and oxygen atoms in total. The van der Waals surface area contributed by atoms with Gasteiger partial charge in [-0.05, 0) is 66.9 Å². The van der Waals surface area contributed by atoms with Crippen molar-refractivity contribution in [3.8, 4) is 5.75 Å². The van der Waals surface area contributed by atoms with Gasteiger partial charge in [0.15, 0.2) is 6.61 Å². The van der Waals surface area contributed by atoms with Crippen LogP contribution in [0.1, 0.15) is 24.0 Å². The molecule has 2 aromatic rings. The number of nitrogens with one attached hydrogen (secondary N) is 1. The molecule has 4 rings (SSSR count). The van der Waals surface area contributed by atoms with Crippen LogP contribution in [0.4, 0.5) is 10.5 Å². The van der Waals surface area contributed by atoms with Crippen molar-refractivity contribution in [3.63, 3.8) is 0 Å². The lowest BCUT2D eigenvalue weighted by Gasteiger charge is -2.18. The van der Waals surface area contributed by atoms with Crippen LogP contribution in [0.5, 0.6) is 5.75 Å². The van der Waals surface area contributed by atoms with Gasteiger partial charge in [-0.1, -0.05) is 30.3 Å². The van der Waals surface area contributed by atoms with Gasteiger partial charge in [-0.2, -0.15) is 0 Å². The number of hydrogen-bond donors (Lipinski definition) is 1. The Morgan fingerprint density at radius 1 is 1.09 bits per heavy atom. The van der Waals surface area contributed by atoms with Crippen molar-refractivity contribution in [2.75, 3.05) is 31.6 Å². The molecule has 4 amide bonds. The molecule has 0 spiro atoms. The number of carbonyl (C=O) groups excluding carboxylic acids is 4. The standard InChI is InChI=1S/C25H25N3O5S/c1-17-7-2-3-10-20(17)26-22(29)16-33-19-9-6-8-18(13-19)14-21-24(31)28(25(32)34-21)15-23(30)27-11-4-5-12-27/h2-3,6-10,13-14H,4-5,11-12,15-16H2,1H3,(H,26,29)/b21-14-. The summed E-state index contributed by atoms with van der Waals surface area (Å²) in [6.45, 7) is 2.83. The lowest BCUT2D eigenvalue weighted by atomic mass is 10.2. The van der Waals surface area contributed by atoms with Crippen LogP contribution in [-0.4, -0.2) is 59.0 Å². The molecule has 2 fully saturated rings. The Morgan fingerprint density at radius 2 is 1.85 bits per heavy atom. The lowest BCUT2D eigenvalue weighted by molar-refractivity contribution is -0.135. The van der Waals surface area contributed by atoms with E-state index < -0.39 is 11.1 Å². The van der Waals surface area contributed by atoms with Gasteiger partial charge in [0.2, 0.25) is 5.91 Å². The van der Waals surface area contributed by atoms with Gasteiger partial charge in [-0.15, -0.1) is 0 Å². The van der Waals surface area contributed by atoms with Gasteiger partial charge in [0, 0.05) is 18.8 Å². The summed E-state index contributed by atoms with van der Waals surface area (Å²) in [5.41, 5.74) is 2.32. The smallest absolute Gasteiger partial charge is 0.294 e. The molecule has 0 radical (unpaired) electrons. The summed E-state index contributed by atoms with van der Waals surface area (Å²) in [7, 11) is 0. The number of rotatable bonds is 7. The maximum atomic E-state index is 12.7. The van der Waals surface area contributed by atoms with Crippen LogP contribution >= 0.6 is 11.8 Å². The minimum absolute atomic E-state index is 0.174. The van der Waals surface area contributed by atoms with E-state index in [-0.39, 0.29) is 29.9 Å². The zero-order valence-electron chi connectivity index (χ0n) is 18.8. The lowest BCUT2D eigenvalue weighted by Crippen LogP contribution is -2.40. The Balaban J connectivity index is 1.36. The minimum atomic E-state index is -0.480. The first-order valence-electron chi connectivity index (χ1n) is 11.0. The number of nitrogens with zero attached hydrogens (tertiary/aromatic N) is 2. The molecule has 2 heterocycles. The first kappa shape index (κ1) is 23.6. The molecule has 2 aromatic carbocycles. The maximum Gasteiger partial charge on any atom is 0.294 e. The van der Waals surface area contributed by atoms with E-state index in [9.17, 15) is 19.2 Å². The summed E-state index contributed by atoms with van der Waals surface area (Å²) >= 11 is 0.811. The second-order valence-corrected chi connectivity index (χ2v) is 9.07. The zero-order valence-corrected chi connectivity index (χ0v) is 19.6. The Labute approximate surface area is 201 Å². The predicted octanol–water partition coefficient (Wildman–Crippen LogP) is 3.67. The number of hydrogen-bond acceptors (Lipinski definition) is 6. The number of benzene rings is 2. The SMILES string of the molecule is Cc1ccccc1NC(=O)COc1cccc(/C=C2\SC(=O)N(CC(=O)N3CCCC3)C2=O)c1. The Morgan fingerprint density at radius 3 is 2.62 bits per heavy atom. The summed E-state index contributed by atoms with van der Waals surface area (Å²) in [6.07, 6.45) is 3.48. The number of thioether (sulfide) groups is 1. The van der Waals surface area contributed by atoms with Crippen LogP contribution in [-0.2, 0) is 14.4 Å². The first-order chi connectivity index (χ1) is 16.4. The van der Waals surface area contributed by atoms with Crippen molar-refractivity contribution in [1.82, 2.24) is 9.80 Å². The van der Waals surface area contributed by atoms with Crippen LogP contribution in [0, 0.1) is 6.92 Å². The first-order valence-corrected chi connectivity index (χ1v) is 11.8. The molecule has 9 heteroatoms. The highest BCUT2D eigenvalue weighted by molar-refractivity contribution is 8.18. The highest BCUT2D eigenvalue weighted by Crippen LogP contribution is 2.32.